The van der Waals surface area contributed by atoms with Gasteiger partial charge in [0.15, 0.2) is 0 Å². The Kier molecular flexibility index (Phi) is 5.79. The monoisotopic (exact) mass is 438 g/mol. The lowest BCUT2D eigenvalue weighted by Crippen LogP contribution is -2.19. The van der Waals surface area contributed by atoms with Crippen LogP contribution < -0.4 is 16.6 Å². The van der Waals surface area contributed by atoms with Gasteiger partial charge in [0, 0.05) is 30.4 Å². The van der Waals surface area contributed by atoms with Gasteiger partial charge in [-0.2, -0.15) is 9.97 Å². The third-order valence-electron chi connectivity index (χ3n) is 4.82. The van der Waals surface area contributed by atoms with Crippen molar-refractivity contribution in [1.29, 1.82) is 0 Å². The van der Waals surface area contributed by atoms with Gasteiger partial charge in [0.2, 0.25) is 5.89 Å². The fourth-order valence-electron chi connectivity index (χ4n) is 3.25. The summed E-state index contributed by atoms with van der Waals surface area (Å²) in [5, 5.41) is 18.8. The Bertz CT molecular complexity index is 1360. The molecule has 3 heterocycles. The van der Waals surface area contributed by atoms with E-state index in [9.17, 15) is 19.1 Å². The first-order chi connectivity index (χ1) is 15.4. The molecule has 3 aromatic heterocycles. The third-order valence-corrected chi connectivity index (χ3v) is 4.82. The van der Waals surface area contributed by atoms with Crippen LogP contribution in [0.3, 0.4) is 0 Å². The number of hydrogen-bond acceptors (Lipinski definition) is 8. The molecule has 0 saturated carbocycles. The number of hydrogen-bond donors (Lipinski definition) is 3. The maximum atomic E-state index is 14.0. The summed E-state index contributed by atoms with van der Waals surface area (Å²) < 4.78 is 20.1. The van der Waals surface area contributed by atoms with Gasteiger partial charge in [-0.05, 0) is 36.6 Å². The van der Waals surface area contributed by atoms with Gasteiger partial charge < -0.3 is 19.4 Å². The molecule has 0 spiro atoms. The van der Waals surface area contributed by atoms with Crippen LogP contribution in [0.15, 0.2) is 56.6 Å². The summed E-state index contributed by atoms with van der Waals surface area (Å²) >= 11 is 0. The predicted octanol–water partition coefficient (Wildman–Crippen LogP) is 1.84. The molecule has 0 bridgehead atoms. The highest BCUT2D eigenvalue weighted by Crippen LogP contribution is 2.21. The average Bonchev–Trinajstić information content (AvgIpc) is 3.16. The lowest BCUT2D eigenvalue weighted by atomic mass is 10.1. The minimum atomic E-state index is -0.716. The second kappa shape index (κ2) is 8.84. The zero-order valence-electron chi connectivity index (χ0n) is 17.0. The van der Waals surface area contributed by atoms with E-state index in [1.54, 1.807) is 18.2 Å². The Hall–Kier alpha value is -4.28. The Morgan fingerprint density at radius 2 is 2.06 bits per heavy atom. The highest BCUT2D eigenvalue weighted by molar-refractivity contribution is 5.62. The molecule has 3 N–H and O–H groups in total. The van der Waals surface area contributed by atoms with E-state index < -0.39 is 11.8 Å². The van der Waals surface area contributed by atoms with Crippen LogP contribution in [0.25, 0.3) is 11.3 Å². The number of nitrogens with one attached hydrogen (secondary N) is 2. The number of aromatic nitrogens is 5. The van der Waals surface area contributed by atoms with Crippen LogP contribution in [0.1, 0.15) is 17.0 Å². The highest BCUT2D eigenvalue weighted by atomic mass is 19.1. The quantitative estimate of drug-likeness (QED) is 0.397. The van der Waals surface area contributed by atoms with Gasteiger partial charge in [0.25, 0.3) is 5.56 Å². The molecule has 32 heavy (non-hydrogen) atoms. The van der Waals surface area contributed by atoms with Crippen molar-refractivity contribution in [1.82, 2.24) is 24.7 Å². The van der Waals surface area contributed by atoms with E-state index in [2.05, 4.69) is 25.5 Å². The van der Waals surface area contributed by atoms with Crippen molar-refractivity contribution in [2.24, 2.45) is 0 Å². The van der Waals surface area contributed by atoms with Crippen molar-refractivity contribution in [3.63, 3.8) is 0 Å². The van der Waals surface area contributed by atoms with Crippen LogP contribution in [-0.4, -0.2) is 36.4 Å². The molecule has 11 heteroatoms. The van der Waals surface area contributed by atoms with Crippen molar-refractivity contribution in [3.8, 4) is 17.3 Å². The minimum Gasteiger partial charge on any atom is -0.479 e. The Morgan fingerprint density at radius 3 is 2.81 bits per heavy atom. The fourth-order valence-corrected chi connectivity index (χ4v) is 3.25. The maximum Gasteiger partial charge on any atom is 0.434 e. The molecular formula is C21H19FN6O4. The number of H-pyrrole nitrogens is 1. The molecule has 0 amide bonds. The molecule has 10 nitrogen and oxygen atoms in total. The molecule has 4 rings (SSSR count). The number of halogens is 1. The molecule has 0 aliphatic carbocycles. The van der Waals surface area contributed by atoms with Crippen LogP contribution in [-0.2, 0) is 13.0 Å². The molecule has 0 radical (unpaired) electrons. The van der Waals surface area contributed by atoms with Crippen LogP contribution in [0, 0.1) is 12.7 Å². The van der Waals surface area contributed by atoms with E-state index in [4.69, 9.17) is 4.42 Å². The first kappa shape index (κ1) is 21.0. The normalized spacial score (nSPS) is 10.9. The number of benzene rings is 1. The average molecular weight is 438 g/mol. The minimum absolute atomic E-state index is 0.0468. The zero-order valence-corrected chi connectivity index (χ0v) is 17.0. The van der Waals surface area contributed by atoms with E-state index >= 15 is 0 Å². The third kappa shape index (κ3) is 4.72. The first-order valence-corrected chi connectivity index (χ1v) is 9.70. The summed E-state index contributed by atoms with van der Waals surface area (Å²) in [5.41, 5.74) is 2.01. The van der Waals surface area contributed by atoms with Crippen molar-refractivity contribution >= 4 is 5.82 Å². The molecule has 4 aromatic rings. The predicted molar refractivity (Wildman–Crippen MR) is 113 cm³/mol. The van der Waals surface area contributed by atoms with E-state index in [0.717, 1.165) is 5.56 Å². The highest BCUT2D eigenvalue weighted by Gasteiger charge is 2.11. The molecule has 0 atom stereocenters. The number of aryl methyl sites for hydroxylation is 1. The van der Waals surface area contributed by atoms with Crippen molar-refractivity contribution in [2.75, 3.05) is 11.9 Å². The summed E-state index contributed by atoms with van der Waals surface area (Å²) in [4.78, 5) is 31.2. The van der Waals surface area contributed by atoms with Crippen LogP contribution in [0.5, 0.6) is 6.01 Å². The van der Waals surface area contributed by atoms with Crippen molar-refractivity contribution in [2.45, 2.75) is 19.9 Å². The molecule has 0 aliphatic rings. The number of rotatable bonds is 7. The van der Waals surface area contributed by atoms with Gasteiger partial charge in [0.1, 0.15) is 18.2 Å². The standard InChI is InChI=1S/C21H19FN6O4/c1-12-3-2-4-15(22)14(12)7-8-23-17-9-16(24-20(30)25-17)13-5-6-19(29)28(10-13)11-18-26-27-21(31)32-18/h2-6,9-10H,7-8,11H2,1H3,(H,27,31)(H2,23,24,25,30). The second-order valence-electron chi connectivity index (χ2n) is 7.04. The van der Waals surface area contributed by atoms with Gasteiger partial charge in [-0.3, -0.25) is 4.79 Å². The number of aromatic amines is 1. The second-order valence-corrected chi connectivity index (χ2v) is 7.04. The van der Waals surface area contributed by atoms with Gasteiger partial charge in [-0.1, -0.05) is 12.1 Å². The lowest BCUT2D eigenvalue weighted by Gasteiger charge is -2.11. The number of anilines is 1. The molecule has 0 fully saturated rings. The number of nitrogens with zero attached hydrogens (tertiary/aromatic N) is 4. The van der Waals surface area contributed by atoms with Gasteiger partial charge >= 0.3 is 11.8 Å². The van der Waals surface area contributed by atoms with Crippen LogP contribution >= 0.6 is 0 Å². The summed E-state index contributed by atoms with van der Waals surface area (Å²) in [7, 11) is 0. The van der Waals surface area contributed by atoms with Gasteiger partial charge in [-0.15, -0.1) is 5.10 Å². The fraction of sp³-hybridized carbons (Fsp3) is 0.190. The summed E-state index contributed by atoms with van der Waals surface area (Å²) in [5.74, 6) is -0.595. The Balaban J connectivity index is 1.54. The van der Waals surface area contributed by atoms with Crippen molar-refractivity contribution in [3.05, 3.63) is 86.3 Å². The van der Waals surface area contributed by atoms with E-state index in [1.165, 1.54) is 22.9 Å². The zero-order chi connectivity index (χ0) is 22.7. The topological polar surface area (TPSA) is 139 Å². The SMILES string of the molecule is Cc1cccc(F)c1CCNc1cc(-c2ccc(=O)n(Cc3n[nH]c(=O)o3)c2)nc(O)n1. The lowest BCUT2D eigenvalue weighted by molar-refractivity contribution is 0.432. The maximum absolute atomic E-state index is 14.0. The summed E-state index contributed by atoms with van der Waals surface area (Å²) in [6.45, 7) is 2.17. The largest absolute Gasteiger partial charge is 0.479 e. The van der Waals surface area contributed by atoms with Crippen LogP contribution in [0.2, 0.25) is 0 Å². The van der Waals surface area contributed by atoms with Gasteiger partial charge in [0.05, 0.1) is 5.69 Å². The van der Waals surface area contributed by atoms with E-state index in [-0.39, 0.29) is 23.8 Å². The number of aromatic hydroxyl groups is 1. The van der Waals surface area contributed by atoms with Crippen LogP contribution in [0.4, 0.5) is 10.2 Å². The summed E-state index contributed by atoms with van der Waals surface area (Å²) in [6, 6.07) is 8.95. The smallest absolute Gasteiger partial charge is 0.434 e. The molecule has 0 unspecified atom stereocenters. The molecule has 0 aliphatic heterocycles. The van der Waals surface area contributed by atoms with Gasteiger partial charge in [-0.25, -0.2) is 14.3 Å². The molecular weight excluding hydrogens is 419 g/mol. The van der Waals surface area contributed by atoms with Crippen molar-refractivity contribution < 1.29 is 13.9 Å². The Morgan fingerprint density at radius 1 is 1.22 bits per heavy atom. The number of pyridine rings is 1. The first-order valence-electron chi connectivity index (χ1n) is 9.70. The molecule has 164 valence electrons. The summed E-state index contributed by atoms with van der Waals surface area (Å²) in [6.07, 6.45) is 1.93. The Labute approximate surface area is 180 Å². The van der Waals surface area contributed by atoms with E-state index in [0.29, 0.717) is 35.6 Å². The molecule has 0 saturated heterocycles. The molecule has 1 aromatic carbocycles. The van der Waals surface area contributed by atoms with E-state index in [1.807, 2.05) is 13.0 Å².